The molecule has 0 saturated carbocycles. The number of sulfonamides is 1. The number of aryl methyl sites for hydroxylation is 1. The number of thiophene rings is 1. The van der Waals surface area contributed by atoms with Crippen LogP contribution in [0.2, 0.25) is 5.02 Å². The highest BCUT2D eigenvalue weighted by Gasteiger charge is 2.33. The number of hydrogen-bond acceptors (Lipinski definition) is 6. The van der Waals surface area contributed by atoms with Gasteiger partial charge >= 0.3 is 6.18 Å². The third kappa shape index (κ3) is 4.35. The summed E-state index contributed by atoms with van der Waals surface area (Å²) in [4.78, 5) is 0.498. The van der Waals surface area contributed by atoms with Gasteiger partial charge in [-0.15, -0.1) is 11.3 Å². The van der Waals surface area contributed by atoms with Crippen molar-refractivity contribution in [2.75, 3.05) is 18.9 Å². The summed E-state index contributed by atoms with van der Waals surface area (Å²) >= 11 is 7.16. The zero-order chi connectivity index (χ0) is 22.3. The van der Waals surface area contributed by atoms with Crippen LogP contribution < -0.4 is 14.2 Å². The average molecular weight is 482 g/mol. The minimum Gasteiger partial charge on any atom is -0.497 e. The van der Waals surface area contributed by atoms with Crippen molar-refractivity contribution in [3.05, 3.63) is 39.9 Å². The van der Waals surface area contributed by atoms with Crippen LogP contribution in [0, 0.1) is 6.92 Å². The molecule has 30 heavy (non-hydrogen) atoms. The molecule has 0 amide bonds. The minimum absolute atomic E-state index is 0.00578. The molecule has 0 spiro atoms. The van der Waals surface area contributed by atoms with E-state index in [1.807, 2.05) is 5.10 Å². The van der Waals surface area contributed by atoms with Gasteiger partial charge in [-0.3, -0.25) is 9.82 Å². The van der Waals surface area contributed by atoms with Gasteiger partial charge in [0.15, 0.2) is 0 Å². The van der Waals surface area contributed by atoms with Crippen molar-refractivity contribution in [3.63, 3.8) is 0 Å². The number of alkyl halides is 3. The monoisotopic (exact) mass is 481 g/mol. The molecule has 2 aromatic heterocycles. The van der Waals surface area contributed by atoms with Crippen molar-refractivity contribution < 1.29 is 31.1 Å². The van der Waals surface area contributed by atoms with Gasteiger partial charge in [0.2, 0.25) is 0 Å². The quantitative estimate of drug-likeness (QED) is 0.520. The smallest absolute Gasteiger partial charge is 0.432 e. The molecule has 0 aliphatic rings. The molecule has 0 bridgehead atoms. The minimum atomic E-state index is -4.59. The maximum Gasteiger partial charge on any atom is 0.432 e. The number of nitrogens with zero attached hydrogens (tertiary/aromatic N) is 1. The molecule has 162 valence electrons. The van der Waals surface area contributed by atoms with E-state index in [2.05, 4.69) is 9.82 Å². The highest BCUT2D eigenvalue weighted by atomic mass is 35.5. The summed E-state index contributed by atoms with van der Waals surface area (Å²) in [6.07, 6.45) is -4.59. The van der Waals surface area contributed by atoms with Crippen LogP contribution in [-0.2, 0) is 16.2 Å². The molecule has 3 aromatic rings. The number of hydrogen-bond donors (Lipinski definition) is 2. The molecule has 0 aliphatic heterocycles. The van der Waals surface area contributed by atoms with E-state index in [9.17, 15) is 21.6 Å². The van der Waals surface area contributed by atoms with Crippen LogP contribution in [0.15, 0.2) is 29.2 Å². The maximum absolute atomic E-state index is 12.9. The molecule has 0 unspecified atom stereocenters. The summed E-state index contributed by atoms with van der Waals surface area (Å²) in [5.74, 6) is 0.506. The molecule has 2 heterocycles. The normalized spacial score (nSPS) is 12.1. The number of nitrogens with one attached hydrogen (secondary N) is 2. The number of methoxy groups -OCH3 is 2. The standard InChI is InChI=1S/C17H15ClF3N3O4S2/c1-8-14(7-13(29-8)11-6-15(23-22-11)17(19,20)21)30(25,26)24-16-10(18)4-9(27-2)5-12(16)28-3/h4-7,24H,1-3H3,(H,22,23). The lowest BCUT2D eigenvalue weighted by molar-refractivity contribution is -0.141. The Hall–Kier alpha value is -2.44. The molecular weight excluding hydrogens is 467 g/mol. The van der Waals surface area contributed by atoms with Gasteiger partial charge in [0, 0.05) is 17.0 Å². The maximum atomic E-state index is 12.9. The molecule has 0 saturated heterocycles. The van der Waals surface area contributed by atoms with Gasteiger partial charge in [-0.25, -0.2) is 8.42 Å². The number of aromatic nitrogens is 2. The van der Waals surface area contributed by atoms with Crippen LogP contribution in [0.1, 0.15) is 10.6 Å². The van der Waals surface area contributed by atoms with E-state index in [0.29, 0.717) is 10.6 Å². The number of aromatic amines is 1. The molecule has 1 aromatic carbocycles. The summed E-state index contributed by atoms with van der Waals surface area (Å²) < 4.78 is 76.9. The van der Waals surface area contributed by atoms with Crippen LogP contribution in [0.4, 0.5) is 18.9 Å². The number of ether oxygens (including phenoxy) is 2. The molecule has 0 fully saturated rings. The predicted octanol–water partition coefficient (Wildman–Crippen LogP) is 4.94. The van der Waals surface area contributed by atoms with E-state index in [4.69, 9.17) is 21.1 Å². The van der Waals surface area contributed by atoms with E-state index in [-0.39, 0.29) is 31.9 Å². The Balaban J connectivity index is 1.98. The van der Waals surface area contributed by atoms with Crippen LogP contribution >= 0.6 is 22.9 Å². The van der Waals surface area contributed by atoms with Crippen LogP contribution in [0.25, 0.3) is 10.6 Å². The van der Waals surface area contributed by atoms with Gasteiger partial charge in [-0.05, 0) is 19.1 Å². The molecule has 13 heteroatoms. The van der Waals surface area contributed by atoms with E-state index >= 15 is 0 Å². The lowest BCUT2D eigenvalue weighted by Gasteiger charge is -2.14. The zero-order valence-electron chi connectivity index (χ0n) is 15.7. The molecule has 3 rings (SSSR count). The van der Waals surface area contributed by atoms with Crippen LogP contribution in [0.5, 0.6) is 11.5 Å². The lowest BCUT2D eigenvalue weighted by atomic mass is 10.3. The first-order valence-corrected chi connectivity index (χ1v) is 10.8. The van der Waals surface area contributed by atoms with Gasteiger partial charge in [0.1, 0.15) is 33.5 Å². The van der Waals surface area contributed by atoms with Crippen molar-refractivity contribution in [3.8, 4) is 22.1 Å². The first-order valence-electron chi connectivity index (χ1n) is 8.14. The molecular formula is C17H15ClF3N3O4S2. The molecule has 2 N–H and O–H groups in total. The second kappa shape index (κ2) is 8.00. The zero-order valence-corrected chi connectivity index (χ0v) is 18.1. The van der Waals surface area contributed by atoms with E-state index in [1.165, 1.54) is 39.3 Å². The predicted molar refractivity (Wildman–Crippen MR) is 107 cm³/mol. The second-order valence-corrected chi connectivity index (χ2v) is 9.30. The molecule has 0 aliphatic carbocycles. The largest absolute Gasteiger partial charge is 0.497 e. The highest BCUT2D eigenvalue weighted by molar-refractivity contribution is 7.93. The van der Waals surface area contributed by atoms with Crippen molar-refractivity contribution in [2.24, 2.45) is 0 Å². The third-order valence-electron chi connectivity index (χ3n) is 4.02. The average Bonchev–Trinajstić information content (AvgIpc) is 3.30. The number of anilines is 1. The summed E-state index contributed by atoms with van der Waals surface area (Å²) in [6.45, 7) is 1.53. The van der Waals surface area contributed by atoms with Crippen LogP contribution in [-0.4, -0.2) is 32.8 Å². The van der Waals surface area contributed by atoms with Crippen molar-refractivity contribution in [1.82, 2.24) is 10.2 Å². The second-order valence-electron chi connectivity index (χ2n) is 5.99. The Bertz CT molecular complexity index is 1190. The van der Waals surface area contributed by atoms with Gasteiger partial charge < -0.3 is 9.47 Å². The van der Waals surface area contributed by atoms with E-state index in [0.717, 1.165) is 17.4 Å². The fraction of sp³-hybridized carbons (Fsp3) is 0.235. The summed E-state index contributed by atoms with van der Waals surface area (Å²) in [7, 11) is -1.37. The van der Waals surface area contributed by atoms with Gasteiger partial charge in [-0.2, -0.15) is 18.3 Å². The van der Waals surface area contributed by atoms with E-state index < -0.39 is 21.9 Å². The third-order valence-corrected chi connectivity index (χ3v) is 6.99. The summed E-state index contributed by atoms with van der Waals surface area (Å²) in [6, 6.07) is 4.94. The van der Waals surface area contributed by atoms with Crippen molar-refractivity contribution in [1.29, 1.82) is 0 Å². The van der Waals surface area contributed by atoms with Gasteiger partial charge in [0.05, 0.1) is 24.1 Å². The van der Waals surface area contributed by atoms with Gasteiger partial charge in [0.25, 0.3) is 10.0 Å². The summed E-state index contributed by atoms with van der Waals surface area (Å²) in [5.41, 5.74) is -1.04. The molecule has 7 nitrogen and oxygen atoms in total. The van der Waals surface area contributed by atoms with Crippen LogP contribution in [0.3, 0.4) is 0 Å². The summed E-state index contributed by atoms with van der Waals surface area (Å²) in [5, 5.41) is 5.58. The highest BCUT2D eigenvalue weighted by Crippen LogP contribution is 2.40. The van der Waals surface area contributed by atoms with Crippen molar-refractivity contribution in [2.45, 2.75) is 18.0 Å². The Morgan fingerprint density at radius 3 is 2.43 bits per heavy atom. The first-order chi connectivity index (χ1) is 14.0. The Kier molecular flexibility index (Phi) is 5.94. The van der Waals surface area contributed by atoms with Crippen molar-refractivity contribution >= 4 is 38.6 Å². The Morgan fingerprint density at radius 1 is 1.17 bits per heavy atom. The number of H-pyrrole nitrogens is 1. The lowest BCUT2D eigenvalue weighted by Crippen LogP contribution is -2.14. The topological polar surface area (TPSA) is 93.3 Å². The SMILES string of the molecule is COc1cc(Cl)c(NS(=O)(=O)c2cc(-c3cc(C(F)(F)F)[nH]n3)sc2C)c(OC)c1. The molecule has 0 radical (unpaired) electrons. The fourth-order valence-electron chi connectivity index (χ4n) is 2.58. The first kappa shape index (κ1) is 22.2. The Labute approximate surface area is 178 Å². The molecule has 0 atom stereocenters. The number of benzene rings is 1. The fourth-order valence-corrected chi connectivity index (χ4v) is 5.53. The number of halogens is 4. The number of rotatable bonds is 6. The van der Waals surface area contributed by atoms with E-state index in [1.54, 1.807) is 0 Å². The Morgan fingerprint density at radius 2 is 1.87 bits per heavy atom. The van der Waals surface area contributed by atoms with Gasteiger partial charge in [-0.1, -0.05) is 11.6 Å².